The second kappa shape index (κ2) is 7.04. The lowest BCUT2D eigenvalue weighted by Gasteiger charge is -2.29. The Kier molecular flexibility index (Phi) is 5.36. The van der Waals surface area contributed by atoms with Gasteiger partial charge in [-0.05, 0) is 32.9 Å². The zero-order valence-corrected chi connectivity index (χ0v) is 13.3. The minimum Gasteiger partial charge on any atom is -0.307 e. The van der Waals surface area contributed by atoms with E-state index in [1.807, 2.05) is 0 Å². The first kappa shape index (κ1) is 16.0. The van der Waals surface area contributed by atoms with Crippen LogP contribution < -0.4 is 16.6 Å². The molecule has 0 saturated carbocycles. The van der Waals surface area contributed by atoms with Crippen LogP contribution in [-0.4, -0.2) is 39.7 Å². The molecule has 6 heteroatoms. The van der Waals surface area contributed by atoms with Crippen LogP contribution in [0.2, 0.25) is 0 Å². The maximum atomic E-state index is 11.9. The van der Waals surface area contributed by atoms with Crippen molar-refractivity contribution in [3.8, 4) is 0 Å². The van der Waals surface area contributed by atoms with E-state index in [1.54, 1.807) is 7.05 Å². The number of rotatable bonds is 5. The van der Waals surface area contributed by atoms with Crippen molar-refractivity contribution in [1.29, 1.82) is 0 Å². The van der Waals surface area contributed by atoms with Crippen molar-refractivity contribution in [2.75, 3.05) is 19.6 Å². The second-order valence-corrected chi connectivity index (χ2v) is 6.02. The van der Waals surface area contributed by atoms with Gasteiger partial charge < -0.3 is 10.2 Å². The normalized spacial score (nSPS) is 17.9. The number of nitrogens with one attached hydrogen (secondary N) is 1. The molecule has 1 unspecified atom stereocenters. The number of hydrogen-bond acceptors (Lipinski definition) is 4. The lowest BCUT2D eigenvalue weighted by atomic mass is 10.1. The van der Waals surface area contributed by atoms with Crippen LogP contribution in [0.3, 0.4) is 0 Å². The molecule has 0 amide bonds. The summed E-state index contributed by atoms with van der Waals surface area (Å²) in [5.41, 5.74) is 0.204. The number of likely N-dealkylation sites (tertiary alicyclic amines) is 1. The third-order valence-corrected chi connectivity index (χ3v) is 4.24. The Bertz CT molecular complexity index is 584. The highest BCUT2D eigenvalue weighted by Gasteiger charge is 2.13. The van der Waals surface area contributed by atoms with Gasteiger partial charge in [-0.1, -0.05) is 6.42 Å². The average molecular weight is 294 g/mol. The van der Waals surface area contributed by atoms with Crippen LogP contribution in [0.4, 0.5) is 0 Å². The highest BCUT2D eigenvalue weighted by molar-refractivity contribution is 5.02. The molecule has 1 saturated heterocycles. The van der Waals surface area contributed by atoms with E-state index >= 15 is 0 Å². The molecule has 2 heterocycles. The summed E-state index contributed by atoms with van der Waals surface area (Å²) >= 11 is 0. The first-order valence-electron chi connectivity index (χ1n) is 7.70. The molecule has 1 aliphatic rings. The maximum Gasteiger partial charge on any atom is 0.330 e. The predicted octanol–water partition coefficient (Wildman–Crippen LogP) is 0.0480. The van der Waals surface area contributed by atoms with E-state index in [2.05, 4.69) is 17.1 Å². The lowest BCUT2D eigenvalue weighted by Crippen LogP contribution is -2.43. The van der Waals surface area contributed by atoms with Gasteiger partial charge in [0.05, 0.1) is 0 Å². The van der Waals surface area contributed by atoms with E-state index in [1.165, 1.54) is 50.0 Å². The lowest BCUT2D eigenvalue weighted by molar-refractivity contribution is 0.208. The Morgan fingerprint density at radius 3 is 2.48 bits per heavy atom. The fourth-order valence-corrected chi connectivity index (χ4v) is 2.82. The van der Waals surface area contributed by atoms with Gasteiger partial charge in [-0.3, -0.25) is 13.9 Å². The SMILES string of the molecule is CC(CN1CCCCC1)NCc1cc(=O)n(C)c(=O)n1C. The summed E-state index contributed by atoms with van der Waals surface area (Å²) in [6, 6.07) is 1.87. The minimum atomic E-state index is -0.275. The Morgan fingerprint density at radius 1 is 1.14 bits per heavy atom. The summed E-state index contributed by atoms with van der Waals surface area (Å²) in [6.45, 7) is 6.05. The second-order valence-electron chi connectivity index (χ2n) is 6.02. The molecule has 1 N–H and O–H groups in total. The van der Waals surface area contributed by atoms with Crippen LogP contribution in [0.25, 0.3) is 0 Å². The van der Waals surface area contributed by atoms with Crippen LogP contribution in [0.1, 0.15) is 31.9 Å². The molecule has 118 valence electrons. The summed E-state index contributed by atoms with van der Waals surface area (Å²) in [4.78, 5) is 26.0. The Hall–Kier alpha value is -1.40. The van der Waals surface area contributed by atoms with Crippen LogP contribution >= 0.6 is 0 Å². The standard InChI is InChI=1S/C15H26N4O2/c1-12(11-19-7-5-4-6-8-19)16-10-13-9-14(20)18(3)15(21)17(13)2/h9,12,16H,4-8,10-11H2,1-3H3. The first-order valence-corrected chi connectivity index (χ1v) is 7.70. The quantitative estimate of drug-likeness (QED) is 0.833. The summed E-state index contributed by atoms with van der Waals surface area (Å²) in [5, 5.41) is 3.41. The van der Waals surface area contributed by atoms with Gasteiger partial charge in [0.1, 0.15) is 0 Å². The highest BCUT2D eigenvalue weighted by atomic mass is 16.2. The van der Waals surface area contributed by atoms with Crippen molar-refractivity contribution >= 4 is 0 Å². The largest absolute Gasteiger partial charge is 0.330 e. The van der Waals surface area contributed by atoms with Gasteiger partial charge in [0.15, 0.2) is 0 Å². The molecule has 1 aromatic heterocycles. The van der Waals surface area contributed by atoms with E-state index < -0.39 is 0 Å². The van der Waals surface area contributed by atoms with E-state index in [0.717, 1.165) is 16.8 Å². The van der Waals surface area contributed by atoms with Crippen molar-refractivity contribution in [3.05, 3.63) is 32.6 Å². The maximum absolute atomic E-state index is 11.9. The van der Waals surface area contributed by atoms with Gasteiger partial charge in [0, 0.05) is 45.0 Å². The van der Waals surface area contributed by atoms with E-state index in [0.29, 0.717) is 12.6 Å². The third-order valence-electron chi connectivity index (χ3n) is 4.24. The molecule has 0 spiro atoms. The van der Waals surface area contributed by atoms with Gasteiger partial charge in [0.25, 0.3) is 5.56 Å². The molecule has 0 bridgehead atoms. The van der Waals surface area contributed by atoms with Gasteiger partial charge in [0.2, 0.25) is 0 Å². The fourth-order valence-electron chi connectivity index (χ4n) is 2.82. The number of hydrogen-bond donors (Lipinski definition) is 1. The van der Waals surface area contributed by atoms with Crippen LogP contribution in [0.5, 0.6) is 0 Å². The van der Waals surface area contributed by atoms with Crippen molar-refractivity contribution in [2.24, 2.45) is 14.1 Å². The van der Waals surface area contributed by atoms with Gasteiger partial charge in [-0.15, -0.1) is 0 Å². The summed E-state index contributed by atoms with van der Waals surface area (Å²) < 4.78 is 2.66. The van der Waals surface area contributed by atoms with Crippen molar-refractivity contribution < 1.29 is 0 Å². The molecule has 1 aromatic rings. The topological polar surface area (TPSA) is 59.3 Å². The first-order chi connectivity index (χ1) is 9.99. The summed E-state index contributed by atoms with van der Waals surface area (Å²) in [6.07, 6.45) is 3.92. The highest BCUT2D eigenvalue weighted by Crippen LogP contribution is 2.08. The molecular formula is C15H26N4O2. The van der Waals surface area contributed by atoms with E-state index in [4.69, 9.17) is 0 Å². The average Bonchev–Trinajstić information content (AvgIpc) is 2.48. The smallest absolute Gasteiger partial charge is 0.307 e. The molecular weight excluding hydrogens is 268 g/mol. The zero-order valence-electron chi connectivity index (χ0n) is 13.3. The van der Waals surface area contributed by atoms with E-state index in [9.17, 15) is 9.59 Å². The van der Waals surface area contributed by atoms with Gasteiger partial charge in [-0.2, -0.15) is 0 Å². The minimum absolute atomic E-state index is 0.251. The van der Waals surface area contributed by atoms with Crippen molar-refractivity contribution in [2.45, 2.75) is 38.8 Å². The Balaban J connectivity index is 1.93. The summed E-state index contributed by atoms with van der Waals surface area (Å²) in [7, 11) is 3.20. The zero-order chi connectivity index (χ0) is 15.4. The van der Waals surface area contributed by atoms with Crippen LogP contribution in [0, 0.1) is 0 Å². The third kappa shape index (κ3) is 4.04. The van der Waals surface area contributed by atoms with Crippen molar-refractivity contribution in [1.82, 2.24) is 19.4 Å². The number of nitrogens with zero attached hydrogens (tertiary/aromatic N) is 3. The van der Waals surface area contributed by atoms with Crippen LogP contribution in [0.15, 0.2) is 15.7 Å². The number of aromatic nitrogens is 2. The molecule has 21 heavy (non-hydrogen) atoms. The number of piperidine rings is 1. The molecule has 6 nitrogen and oxygen atoms in total. The molecule has 1 atom stereocenters. The molecule has 0 radical (unpaired) electrons. The summed E-state index contributed by atoms with van der Waals surface area (Å²) in [5.74, 6) is 0. The Morgan fingerprint density at radius 2 is 1.81 bits per heavy atom. The molecule has 1 fully saturated rings. The van der Waals surface area contributed by atoms with Gasteiger partial charge >= 0.3 is 5.69 Å². The monoisotopic (exact) mass is 294 g/mol. The van der Waals surface area contributed by atoms with E-state index in [-0.39, 0.29) is 11.2 Å². The Labute approximate surface area is 125 Å². The fraction of sp³-hybridized carbons (Fsp3) is 0.733. The van der Waals surface area contributed by atoms with Crippen LogP contribution in [-0.2, 0) is 20.6 Å². The molecule has 0 aliphatic carbocycles. The van der Waals surface area contributed by atoms with Gasteiger partial charge in [-0.25, -0.2) is 4.79 Å². The van der Waals surface area contributed by atoms with Crippen molar-refractivity contribution in [3.63, 3.8) is 0 Å². The predicted molar refractivity (Wildman–Crippen MR) is 83.5 cm³/mol. The molecule has 2 rings (SSSR count). The molecule has 1 aliphatic heterocycles. The molecule has 0 aromatic carbocycles.